The summed E-state index contributed by atoms with van der Waals surface area (Å²) in [6.45, 7) is 0. The van der Waals surface area contributed by atoms with Crippen molar-refractivity contribution < 1.29 is 14.4 Å². The lowest BCUT2D eigenvalue weighted by Crippen LogP contribution is -1.95. The number of rotatable bonds is 2. The Balaban J connectivity index is 2.07. The van der Waals surface area contributed by atoms with E-state index in [2.05, 4.69) is 5.16 Å². The summed E-state index contributed by atoms with van der Waals surface area (Å²) in [5.41, 5.74) is 1.81. The lowest BCUT2D eigenvalue weighted by Gasteiger charge is -2.03. The number of hydrogen-bond donors (Lipinski definition) is 1. The van der Waals surface area contributed by atoms with Gasteiger partial charge in [-0.15, -0.1) is 0 Å². The van der Waals surface area contributed by atoms with Crippen LogP contribution in [-0.4, -0.2) is 16.2 Å². The Morgan fingerprint density at radius 3 is 2.82 bits per heavy atom. The second-order valence-electron chi connectivity index (χ2n) is 4.57. The van der Waals surface area contributed by atoms with E-state index in [9.17, 15) is 4.79 Å². The van der Waals surface area contributed by atoms with Crippen molar-refractivity contribution in [2.75, 3.05) is 0 Å². The minimum atomic E-state index is -0.939. The molecule has 1 aliphatic carbocycles. The smallest absolute Gasteiger partial charge is 0.335 e. The maximum atomic E-state index is 10.8. The average molecular weight is 231 g/mol. The van der Waals surface area contributed by atoms with Crippen molar-refractivity contribution in [2.24, 2.45) is 0 Å². The van der Waals surface area contributed by atoms with Gasteiger partial charge < -0.3 is 9.63 Å². The molecule has 2 aromatic rings. The highest BCUT2D eigenvalue weighted by Gasteiger charge is 2.23. The number of benzene rings is 1. The summed E-state index contributed by atoms with van der Waals surface area (Å²) in [5.74, 6) is -0.461. The van der Waals surface area contributed by atoms with Crippen LogP contribution in [0.4, 0.5) is 0 Å². The zero-order valence-electron chi connectivity index (χ0n) is 9.35. The Bertz CT molecular complexity index is 567. The average Bonchev–Trinajstić information content (AvgIpc) is 2.96. The summed E-state index contributed by atoms with van der Waals surface area (Å²) in [5, 5.41) is 14.0. The molecular weight excluding hydrogens is 218 g/mol. The number of fused-ring (bicyclic) bond motifs is 1. The Morgan fingerprint density at radius 1 is 1.35 bits per heavy atom. The second-order valence-corrected chi connectivity index (χ2v) is 4.57. The van der Waals surface area contributed by atoms with Crippen LogP contribution in [0.5, 0.6) is 0 Å². The Hall–Kier alpha value is -1.84. The van der Waals surface area contributed by atoms with Crippen molar-refractivity contribution in [3.8, 4) is 0 Å². The highest BCUT2D eigenvalue weighted by Crippen LogP contribution is 2.37. The molecule has 0 bridgehead atoms. The van der Waals surface area contributed by atoms with Crippen LogP contribution in [-0.2, 0) is 0 Å². The summed E-state index contributed by atoms with van der Waals surface area (Å²) >= 11 is 0. The first kappa shape index (κ1) is 10.3. The summed E-state index contributed by atoms with van der Waals surface area (Å²) in [4.78, 5) is 10.8. The zero-order valence-corrected chi connectivity index (χ0v) is 9.35. The molecule has 0 aliphatic heterocycles. The first-order chi connectivity index (χ1) is 8.25. The summed E-state index contributed by atoms with van der Waals surface area (Å²) in [7, 11) is 0. The first-order valence-corrected chi connectivity index (χ1v) is 5.88. The van der Waals surface area contributed by atoms with E-state index < -0.39 is 5.97 Å². The molecule has 1 aromatic heterocycles. The van der Waals surface area contributed by atoms with Crippen LogP contribution in [0, 0.1) is 0 Å². The van der Waals surface area contributed by atoms with Crippen LogP contribution in [0.1, 0.15) is 47.7 Å². The molecule has 0 spiro atoms. The van der Waals surface area contributed by atoms with Crippen molar-refractivity contribution >= 4 is 16.9 Å². The van der Waals surface area contributed by atoms with E-state index in [1.807, 2.05) is 6.07 Å². The summed E-state index contributed by atoms with van der Waals surface area (Å²) in [6.07, 6.45) is 4.79. The molecule has 1 heterocycles. The van der Waals surface area contributed by atoms with E-state index in [0.29, 0.717) is 11.5 Å². The fraction of sp³-hybridized carbons (Fsp3) is 0.385. The molecule has 1 fully saturated rings. The molecule has 0 saturated heterocycles. The standard InChI is InChI=1S/C13H13NO3/c15-13(16)9-5-6-10-11(7-9)17-14-12(10)8-3-1-2-4-8/h5-8H,1-4H2,(H,15,16). The molecule has 4 nitrogen and oxygen atoms in total. The van der Waals surface area contributed by atoms with E-state index in [-0.39, 0.29) is 5.56 Å². The monoisotopic (exact) mass is 231 g/mol. The van der Waals surface area contributed by atoms with Crippen molar-refractivity contribution in [2.45, 2.75) is 31.6 Å². The van der Waals surface area contributed by atoms with Gasteiger partial charge >= 0.3 is 5.97 Å². The topological polar surface area (TPSA) is 63.3 Å². The Labute approximate surface area is 98.2 Å². The highest BCUT2D eigenvalue weighted by atomic mass is 16.5. The fourth-order valence-electron chi connectivity index (χ4n) is 2.58. The number of aromatic nitrogens is 1. The summed E-state index contributed by atoms with van der Waals surface area (Å²) < 4.78 is 5.24. The van der Waals surface area contributed by atoms with Crippen molar-refractivity contribution in [3.63, 3.8) is 0 Å². The van der Waals surface area contributed by atoms with Crippen LogP contribution in [0.15, 0.2) is 22.7 Å². The van der Waals surface area contributed by atoms with Crippen molar-refractivity contribution in [3.05, 3.63) is 29.5 Å². The molecule has 1 aliphatic rings. The van der Waals surface area contributed by atoms with E-state index in [1.165, 1.54) is 12.8 Å². The van der Waals surface area contributed by atoms with Crippen LogP contribution in [0.25, 0.3) is 11.0 Å². The molecule has 1 saturated carbocycles. The van der Waals surface area contributed by atoms with Gasteiger partial charge in [-0.05, 0) is 31.0 Å². The maximum Gasteiger partial charge on any atom is 0.335 e. The SMILES string of the molecule is O=C(O)c1ccc2c(C3CCCC3)noc2c1. The predicted molar refractivity (Wildman–Crippen MR) is 62.2 cm³/mol. The number of carboxylic acids is 1. The molecule has 3 rings (SSSR count). The quantitative estimate of drug-likeness (QED) is 0.862. The van der Waals surface area contributed by atoms with Gasteiger partial charge in [-0.2, -0.15) is 0 Å². The minimum Gasteiger partial charge on any atom is -0.478 e. The highest BCUT2D eigenvalue weighted by molar-refractivity contribution is 5.93. The van der Waals surface area contributed by atoms with Gasteiger partial charge in [0, 0.05) is 11.3 Å². The van der Waals surface area contributed by atoms with E-state index in [0.717, 1.165) is 23.9 Å². The lowest BCUT2D eigenvalue weighted by molar-refractivity contribution is 0.0697. The third-order valence-electron chi connectivity index (χ3n) is 3.49. The predicted octanol–water partition coefficient (Wildman–Crippen LogP) is 3.18. The molecule has 0 unspecified atom stereocenters. The van der Waals surface area contributed by atoms with Gasteiger partial charge in [0.1, 0.15) is 0 Å². The fourth-order valence-corrected chi connectivity index (χ4v) is 2.58. The molecule has 1 N–H and O–H groups in total. The third-order valence-corrected chi connectivity index (χ3v) is 3.49. The van der Waals surface area contributed by atoms with Gasteiger partial charge in [0.25, 0.3) is 0 Å². The van der Waals surface area contributed by atoms with Crippen LogP contribution in [0.3, 0.4) is 0 Å². The van der Waals surface area contributed by atoms with Crippen LogP contribution >= 0.6 is 0 Å². The molecule has 17 heavy (non-hydrogen) atoms. The molecule has 0 amide bonds. The summed E-state index contributed by atoms with van der Waals surface area (Å²) in [6, 6.07) is 4.96. The molecule has 0 atom stereocenters. The molecule has 4 heteroatoms. The number of hydrogen-bond acceptors (Lipinski definition) is 3. The third kappa shape index (κ3) is 1.69. The first-order valence-electron chi connectivity index (χ1n) is 5.88. The van der Waals surface area contributed by atoms with Crippen LogP contribution in [0.2, 0.25) is 0 Å². The van der Waals surface area contributed by atoms with Gasteiger partial charge in [-0.25, -0.2) is 4.79 Å². The van der Waals surface area contributed by atoms with Crippen molar-refractivity contribution in [1.29, 1.82) is 0 Å². The number of carbonyl (C=O) groups is 1. The van der Waals surface area contributed by atoms with Gasteiger partial charge in [0.2, 0.25) is 0 Å². The van der Waals surface area contributed by atoms with Crippen LogP contribution < -0.4 is 0 Å². The van der Waals surface area contributed by atoms with E-state index in [4.69, 9.17) is 9.63 Å². The van der Waals surface area contributed by atoms with Gasteiger partial charge in [-0.1, -0.05) is 18.0 Å². The van der Waals surface area contributed by atoms with Crippen molar-refractivity contribution in [1.82, 2.24) is 5.16 Å². The largest absolute Gasteiger partial charge is 0.478 e. The zero-order chi connectivity index (χ0) is 11.8. The van der Waals surface area contributed by atoms with Gasteiger partial charge in [0.15, 0.2) is 5.58 Å². The molecular formula is C13H13NO3. The van der Waals surface area contributed by atoms with E-state index >= 15 is 0 Å². The molecule has 0 radical (unpaired) electrons. The second kappa shape index (κ2) is 3.87. The molecule has 1 aromatic carbocycles. The minimum absolute atomic E-state index is 0.242. The number of carboxylic acid groups (broad SMARTS) is 1. The maximum absolute atomic E-state index is 10.8. The number of aromatic carboxylic acids is 1. The van der Waals surface area contributed by atoms with E-state index in [1.54, 1.807) is 12.1 Å². The lowest BCUT2D eigenvalue weighted by atomic mass is 10.00. The Kier molecular flexibility index (Phi) is 2.35. The normalized spacial score (nSPS) is 16.7. The number of nitrogens with zero attached hydrogens (tertiary/aromatic N) is 1. The van der Waals surface area contributed by atoms with Gasteiger partial charge in [-0.3, -0.25) is 0 Å². The Morgan fingerprint density at radius 2 is 2.12 bits per heavy atom. The van der Waals surface area contributed by atoms with Gasteiger partial charge in [0.05, 0.1) is 11.3 Å². The molecule has 88 valence electrons.